The van der Waals surface area contributed by atoms with E-state index in [1.54, 1.807) is 23.2 Å². The van der Waals surface area contributed by atoms with Gasteiger partial charge in [-0.05, 0) is 79.3 Å². The number of carbonyl (C=O) groups excluding carboxylic acids is 1. The summed E-state index contributed by atoms with van der Waals surface area (Å²) in [6.07, 6.45) is 5.46. The van der Waals surface area contributed by atoms with Crippen molar-refractivity contribution in [1.82, 2.24) is 19.6 Å². The molecule has 2 aromatic carbocycles. The quantitative estimate of drug-likeness (QED) is 0.173. The number of halogens is 1. The molecule has 11 heteroatoms. The molecule has 0 unspecified atom stereocenters. The van der Waals surface area contributed by atoms with Crippen LogP contribution >= 0.6 is 11.3 Å². The number of likely N-dealkylation sites (N-methyl/N-ethyl adjacent to an activating group) is 1. The lowest BCUT2D eigenvalue weighted by Gasteiger charge is -2.36. The predicted molar refractivity (Wildman–Crippen MR) is 185 cm³/mol. The fourth-order valence-corrected chi connectivity index (χ4v) is 8.43. The minimum Gasteiger partial charge on any atom is -0.494 e. The van der Waals surface area contributed by atoms with Crippen LogP contribution in [0.5, 0.6) is 5.75 Å². The van der Waals surface area contributed by atoms with Crippen LogP contribution in [-0.4, -0.2) is 76.5 Å². The van der Waals surface area contributed by atoms with Crippen LogP contribution in [0.25, 0.3) is 43.6 Å². The molecular formula is C37H39FN4O5S. The highest BCUT2D eigenvalue weighted by atomic mass is 32.1. The summed E-state index contributed by atoms with van der Waals surface area (Å²) in [6.45, 7) is 5.02. The molecule has 1 aliphatic carbocycles. The number of hydrogen-bond acceptors (Lipinski definition) is 7. The first kappa shape index (κ1) is 32.2. The first-order valence-electron chi connectivity index (χ1n) is 16.6. The van der Waals surface area contributed by atoms with Crippen molar-refractivity contribution in [2.75, 3.05) is 40.0 Å². The van der Waals surface area contributed by atoms with E-state index in [0.717, 1.165) is 63.6 Å². The summed E-state index contributed by atoms with van der Waals surface area (Å²) in [5, 5.41) is 14.8. The highest BCUT2D eigenvalue weighted by Gasteiger charge is 2.31. The Morgan fingerprint density at radius 3 is 2.52 bits per heavy atom. The molecule has 1 aliphatic heterocycles. The van der Waals surface area contributed by atoms with E-state index in [4.69, 9.17) is 14.5 Å². The van der Waals surface area contributed by atoms with E-state index in [1.807, 2.05) is 31.2 Å². The number of carboxylic acids is 1. The Hall–Kier alpha value is -4.32. The number of hydrogen-bond donors (Lipinski definition) is 1. The summed E-state index contributed by atoms with van der Waals surface area (Å²) >= 11 is 1.31. The number of pyridine rings is 1. The number of methoxy groups -OCH3 is 1. The number of benzene rings is 2. The Labute approximate surface area is 282 Å². The van der Waals surface area contributed by atoms with Gasteiger partial charge in [0.15, 0.2) is 11.6 Å². The van der Waals surface area contributed by atoms with E-state index < -0.39 is 11.8 Å². The third kappa shape index (κ3) is 6.06. The monoisotopic (exact) mass is 670 g/mol. The van der Waals surface area contributed by atoms with Crippen molar-refractivity contribution in [3.8, 4) is 28.3 Å². The van der Waals surface area contributed by atoms with Gasteiger partial charge < -0.3 is 19.1 Å². The van der Waals surface area contributed by atoms with Crippen molar-refractivity contribution in [2.24, 2.45) is 0 Å². The number of ether oxygens (including phenoxy) is 2. The van der Waals surface area contributed by atoms with Crippen LogP contribution in [-0.2, 0) is 16.1 Å². The molecule has 5 aromatic rings. The van der Waals surface area contributed by atoms with E-state index >= 15 is 0 Å². The predicted octanol–water partition coefficient (Wildman–Crippen LogP) is 7.57. The summed E-state index contributed by atoms with van der Waals surface area (Å²) in [4.78, 5) is 31.4. The molecule has 1 saturated heterocycles. The maximum Gasteiger partial charge on any atom is 0.345 e. The van der Waals surface area contributed by atoms with Crippen LogP contribution in [0.3, 0.4) is 0 Å². The average molecular weight is 671 g/mol. The first-order chi connectivity index (χ1) is 23.4. The fraction of sp³-hybridized carbons (Fsp3) is 0.378. The maximum atomic E-state index is 14.5. The average Bonchev–Trinajstić information content (AvgIpc) is 3.67. The van der Waals surface area contributed by atoms with Crippen molar-refractivity contribution in [1.29, 1.82) is 0 Å². The Balaban J connectivity index is 1.36. The molecule has 0 radical (unpaired) electrons. The molecule has 1 amide bonds. The maximum absolute atomic E-state index is 14.5. The molecule has 2 aliphatic rings. The molecule has 3 aromatic heterocycles. The second kappa shape index (κ2) is 13.7. The van der Waals surface area contributed by atoms with Gasteiger partial charge in [0.05, 0.1) is 47.4 Å². The normalized spacial score (nSPS) is 16.1. The van der Waals surface area contributed by atoms with E-state index in [0.29, 0.717) is 44.1 Å². The highest BCUT2D eigenvalue weighted by molar-refractivity contribution is 7.21. The molecular weight excluding hydrogens is 631 g/mol. The summed E-state index contributed by atoms with van der Waals surface area (Å²) in [7, 11) is 1.44. The summed E-state index contributed by atoms with van der Waals surface area (Å²) in [6, 6.07) is 16.5. The van der Waals surface area contributed by atoms with E-state index in [1.165, 1.54) is 30.9 Å². The topological polar surface area (TPSA) is 97.1 Å². The molecule has 0 atom stereocenters. The molecule has 7 rings (SSSR count). The SMILES string of the molecule is CCN(C(=O)Cn1c(-c2ccc3nc(-c4ccc(OC)c(F)c4)ccc3c2)c(C2CCCCC2)c2sc(C(=O)O)cc21)N1CCOCC1. The number of fused-ring (bicyclic) bond motifs is 2. The van der Waals surface area contributed by atoms with Crippen molar-refractivity contribution < 1.29 is 28.6 Å². The summed E-state index contributed by atoms with van der Waals surface area (Å²) in [5.41, 5.74) is 5.92. The zero-order chi connectivity index (χ0) is 33.4. The van der Waals surface area contributed by atoms with Crippen LogP contribution in [0.1, 0.15) is 60.2 Å². The third-order valence-corrected chi connectivity index (χ3v) is 10.8. The van der Waals surface area contributed by atoms with Crippen molar-refractivity contribution in [3.05, 3.63) is 70.9 Å². The standard InChI is InChI=1S/C37H39FN4O5S/c1-3-42(40-15-17-47-18-16-40)33(43)22-41-30-21-32(37(44)45)48-36(30)34(23-7-5-4-6-8-23)35(41)26-10-13-28-24(19-26)9-12-29(39-28)25-11-14-31(46-2)27(38)20-25/h9-14,19-21,23H,3-8,15-18,22H2,1-2H3,(H,44,45). The molecule has 9 nitrogen and oxygen atoms in total. The molecule has 2 fully saturated rings. The van der Waals surface area contributed by atoms with E-state index in [2.05, 4.69) is 15.6 Å². The van der Waals surface area contributed by atoms with Gasteiger partial charge in [-0.3, -0.25) is 9.80 Å². The van der Waals surface area contributed by atoms with Gasteiger partial charge in [0, 0.05) is 30.6 Å². The van der Waals surface area contributed by atoms with Crippen LogP contribution in [0, 0.1) is 5.82 Å². The van der Waals surface area contributed by atoms with Gasteiger partial charge in [-0.1, -0.05) is 31.4 Å². The van der Waals surface area contributed by atoms with Crippen LogP contribution in [0.2, 0.25) is 0 Å². The number of aromatic carboxylic acids is 1. The van der Waals surface area contributed by atoms with E-state index in [-0.39, 0.29) is 29.0 Å². The molecule has 1 saturated carbocycles. The summed E-state index contributed by atoms with van der Waals surface area (Å²) < 4.78 is 28.1. The Morgan fingerprint density at radius 2 is 1.81 bits per heavy atom. The largest absolute Gasteiger partial charge is 0.494 e. The lowest BCUT2D eigenvalue weighted by Crippen LogP contribution is -2.52. The zero-order valence-corrected chi connectivity index (χ0v) is 28.0. The van der Waals surface area contributed by atoms with Crippen LogP contribution < -0.4 is 4.74 Å². The number of morpholine rings is 1. The fourth-order valence-electron chi connectivity index (χ4n) is 7.30. The summed E-state index contributed by atoms with van der Waals surface area (Å²) in [5.74, 6) is -1.01. The number of aromatic nitrogens is 2. The van der Waals surface area contributed by atoms with Gasteiger partial charge in [0.1, 0.15) is 11.4 Å². The van der Waals surface area contributed by atoms with Crippen molar-refractivity contribution in [3.63, 3.8) is 0 Å². The van der Waals surface area contributed by atoms with Gasteiger partial charge in [-0.15, -0.1) is 11.3 Å². The Kier molecular flexibility index (Phi) is 9.17. The molecule has 48 heavy (non-hydrogen) atoms. The molecule has 4 heterocycles. The Bertz CT molecular complexity index is 1990. The number of carboxylic acid groups (broad SMARTS) is 1. The number of amides is 1. The number of nitrogens with zero attached hydrogens (tertiary/aromatic N) is 4. The zero-order valence-electron chi connectivity index (χ0n) is 27.2. The number of hydrazine groups is 1. The smallest absolute Gasteiger partial charge is 0.345 e. The highest BCUT2D eigenvalue weighted by Crippen LogP contribution is 2.47. The third-order valence-electron chi connectivity index (χ3n) is 9.62. The Morgan fingerprint density at radius 1 is 1.04 bits per heavy atom. The van der Waals surface area contributed by atoms with Gasteiger partial charge in [0.2, 0.25) is 0 Å². The number of carbonyl (C=O) groups is 2. The van der Waals surface area contributed by atoms with Gasteiger partial charge in [-0.25, -0.2) is 19.2 Å². The van der Waals surface area contributed by atoms with Gasteiger partial charge >= 0.3 is 5.97 Å². The molecule has 0 spiro atoms. The number of rotatable bonds is 9. The molecule has 1 N–H and O–H groups in total. The first-order valence-corrected chi connectivity index (χ1v) is 17.4. The van der Waals surface area contributed by atoms with E-state index in [9.17, 15) is 19.1 Å². The van der Waals surface area contributed by atoms with Gasteiger partial charge in [0.25, 0.3) is 5.91 Å². The molecule has 0 bridgehead atoms. The second-order valence-electron chi connectivity index (χ2n) is 12.4. The lowest BCUT2D eigenvalue weighted by molar-refractivity contribution is -0.156. The van der Waals surface area contributed by atoms with Crippen LogP contribution in [0.15, 0.2) is 54.6 Å². The number of thiophene rings is 1. The van der Waals surface area contributed by atoms with Crippen LogP contribution in [0.4, 0.5) is 4.39 Å². The van der Waals surface area contributed by atoms with Crippen molar-refractivity contribution >= 4 is 44.3 Å². The lowest BCUT2D eigenvalue weighted by atomic mass is 9.83. The molecule has 250 valence electrons. The minimum absolute atomic E-state index is 0.0466. The minimum atomic E-state index is -0.960. The van der Waals surface area contributed by atoms with Crippen molar-refractivity contribution in [2.45, 2.75) is 51.5 Å². The second-order valence-corrected chi connectivity index (χ2v) is 13.5. The van der Waals surface area contributed by atoms with Gasteiger partial charge in [-0.2, -0.15) is 0 Å².